The summed E-state index contributed by atoms with van der Waals surface area (Å²) in [7, 11) is 4.02. The first-order chi connectivity index (χ1) is 12.2. The van der Waals surface area contributed by atoms with Gasteiger partial charge in [0.1, 0.15) is 5.82 Å². The molecule has 4 aromatic rings. The predicted molar refractivity (Wildman–Crippen MR) is 98.6 cm³/mol. The van der Waals surface area contributed by atoms with Crippen LogP contribution in [-0.4, -0.2) is 38.0 Å². The molecule has 0 saturated carbocycles. The van der Waals surface area contributed by atoms with Crippen molar-refractivity contribution in [3.63, 3.8) is 0 Å². The van der Waals surface area contributed by atoms with E-state index >= 15 is 0 Å². The number of hydrogen-bond acceptors (Lipinski definition) is 4. The molecule has 3 aromatic heterocycles. The smallest absolute Gasteiger partial charge is 0.157 e. The van der Waals surface area contributed by atoms with Gasteiger partial charge in [-0.3, -0.25) is 4.68 Å². The van der Waals surface area contributed by atoms with Crippen molar-refractivity contribution < 1.29 is 0 Å². The summed E-state index contributed by atoms with van der Waals surface area (Å²) in [6, 6.07) is 14.3. The van der Waals surface area contributed by atoms with Gasteiger partial charge in [0, 0.05) is 44.5 Å². The molecule has 0 amide bonds. The van der Waals surface area contributed by atoms with E-state index in [4.69, 9.17) is 4.98 Å². The van der Waals surface area contributed by atoms with Gasteiger partial charge in [0.25, 0.3) is 0 Å². The van der Waals surface area contributed by atoms with E-state index in [0.717, 1.165) is 35.7 Å². The second-order valence-electron chi connectivity index (χ2n) is 6.16. The lowest BCUT2D eigenvalue weighted by Gasteiger charge is -2.20. The number of benzene rings is 1. The van der Waals surface area contributed by atoms with Gasteiger partial charge in [-0.1, -0.05) is 30.3 Å². The van der Waals surface area contributed by atoms with E-state index in [0.29, 0.717) is 0 Å². The Kier molecular flexibility index (Phi) is 3.93. The van der Waals surface area contributed by atoms with Gasteiger partial charge in [-0.05, 0) is 12.0 Å². The molecule has 126 valence electrons. The van der Waals surface area contributed by atoms with Crippen LogP contribution in [0, 0.1) is 0 Å². The van der Waals surface area contributed by atoms with Gasteiger partial charge < -0.3 is 4.90 Å². The Morgan fingerprint density at radius 3 is 2.68 bits per heavy atom. The Bertz CT molecular complexity index is 986. The fourth-order valence-corrected chi connectivity index (χ4v) is 2.94. The van der Waals surface area contributed by atoms with E-state index in [2.05, 4.69) is 46.5 Å². The first kappa shape index (κ1) is 15.4. The van der Waals surface area contributed by atoms with Gasteiger partial charge in [-0.15, -0.1) is 0 Å². The van der Waals surface area contributed by atoms with Crippen molar-refractivity contribution in [1.29, 1.82) is 0 Å². The Hall–Kier alpha value is -3.15. The van der Waals surface area contributed by atoms with Crippen molar-refractivity contribution in [1.82, 2.24) is 24.4 Å². The van der Waals surface area contributed by atoms with Crippen LogP contribution in [0.3, 0.4) is 0 Å². The molecular formula is C19H20N6. The largest absolute Gasteiger partial charge is 0.359 e. The minimum Gasteiger partial charge on any atom is -0.359 e. The SMILES string of the molecule is CN(CCc1cnn(C)c1)c1cc(-c2ccccc2)nc2ccnn12. The normalized spacial score (nSPS) is 11.1. The van der Waals surface area contributed by atoms with Crippen LogP contribution in [0.1, 0.15) is 5.56 Å². The number of rotatable bonds is 5. The number of aryl methyl sites for hydroxylation is 1. The lowest BCUT2D eigenvalue weighted by atomic mass is 10.1. The maximum absolute atomic E-state index is 4.73. The summed E-state index contributed by atoms with van der Waals surface area (Å²) in [5, 5.41) is 8.66. The molecule has 0 unspecified atom stereocenters. The number of likely N-dealkylation sites (N-methyl/N-ethyl adjacent to an activating group) is 1. The summed E-state index contributed by atoms with van der Waals surface area (Å²) >= 11 is 0. The highest BCUT2D eigenvalue weighted by Crippen LogP contribution is 2.23. The summed E-state index contributed by atoms with van der Waals surface area (Å²) in [5.41, 5.74) is 4.14. The molecule has 4 rings (SSSR count). The maximum Gasteiger partial charge on any atom is 0.157 e. The van der Waals surface area contributed by atoms with Crippen LogP contribution in [0.15, 0.2) is 61.1 Å². The molecule has 25 heavy (non-hydrogen) atoms. The molecule has 0 N–H and O–H groups in total. The minimum absolute atomic E-state index is 0.851. The monoisotopic (exact) mass is 332 g/mol. The molecule has 1 aromatic carbocycles. The van der Waals surface area contributed by atoms with Crippen LogP contribution in [0.2, 0.25) is 0 Å². The zero-order valence-corrected chi connectivity index (χ0v) is 14.4. The average Bonchev–Trinajstić information content (AvgIpc) is 3.28. The minimum atomic E-state index is 0.851. The van der Waals surface area contributed by atoms with Crippen LogP contribution in [0.5, 0.6) is 0 Å². The fraction of sp³-hybridized carbons (Fsp3) is 0.211. The summed E-state index contributed by atoms with van der Waals surface area (Å²) in [6.45, 7) is 0.874. The van der Waals surface area contributed by atoms with Gasteiger partial charge in [-0.25, -0.2) is 4.98 Å². The summed E-state index contributed by atoms with van der Waals surface area (Å²) in [4.78, 5) is 6.94. The molecule has 3 heterocycles. The second-order valence-corrected chi connectivity index (χ2v) is 6.16. The molecule has 0 spiro atoms. The lowest BCUT2D eigenvalue weighted by molar-refractivity contribution is 0.765. The van der Waals surface area contributed by atoms with Crippen LogP contribution >= 0.6 is 0 Å². The zero-order valence-electron chi connectivity index (χ0n) is 14.4. The van der Waals surface area contributed by atoms with Crippen LogP contribution in [-0.2, 0) is 13.5 Å². The quantitative estimate of drug-likeness (QED) is 0.564. The van der Waals surface area contributed by atoms with Crippen molar-refractivity contribution in [2.75, 3.05) is 18.5 Å². The van der Waals surface area contributed by atoms with Crippen molar-refractivity contribution in [2.24, 2.45) is 7.05 Å². The third-order valence-corrected chi connectivity index (χ3v) is 4.30. The Morgan fingerprint density at radius 1 is 1.08 bits per heavy atom. The molecule has 0 atom stereocenters. The van der Waals surface area contributed by atoms with Gasteiger partial charge in [0.2, 0.25) is 0 Å². The molecule has 0 radical (unpaired) electrons. The van der Waals surface area contributed by atoms with E-state index in [1.165, 1.54) is 5.56 Å². The van der Waals surface area contributed by atoms with E-state index in [9.17, 15) is 0 Å². The standard InChI is InChI=1S/C19H20N6/c1-23(11-9-15-13-21-24(2)14-15)19-12-17(16-6-4-3-5-7-16)22-18-8-10-20-25(18)19/h3-8,10,12-14H,9,11H2,1-2H3. The molecule has 0 aliphatic heterocycles. The van der Waals surface area contributed by atoms with Crippen LogP contribution in [0.25, 0.3) is 16.9 Å². The average molecular weight is 332 g/mol. The highest BCUT2D eigenvalue weighted by Gasteiger charge is 2.12. The lowest BCUT2D eigenvalue weighted by Crippen LogP contribution is -2.23. The first-order valence-electron chi connectivity index (χ1n) is 8.29. The van der Waals surface area contributed by atoms with E-state index in [1.807, 2.05) is 46.7 Å². The molecule has 0 fully saturated rings. The molecule has 0 aliphatic carbocycles. The molecule has 0 bridgehead atoms. The Morgan fingerprint density at radius 2 is 1.92 bits per heavy atom. The third kappa shape index (κ3) is 3.10. The Labute approximate surface area is 146 Å². The van der Waals surface area contributed by atoms with Crippen LogP contribution < -0.4 is 4.90 Å². The van der Waals surface area contributed by atoms with Gasteiger partial charge in [0.15, 0.2) is 5.65 Å². The summed E-state index contributed by atoms with van der Waals surface area (Å²) in [5.74, 6) is 1.03. The number of anilines is 1. The van der Waals surface area contributed by atoms with E-state index in [-0.39, 0.29) is 0 Å². The second kappa shape index (κ2) is 6.39. The Balaban J connectivity index is 1.66. The molecule has 0 saturated heterocycles. The molecular weight excluding hydrogens is 312 g/mol. The van der Waals surface area contributed by atoms with Crippen molar-refractivity contribution >= 4 is 11.5 Å². The highest BCUT2D eigenvalue weighted by atomic mass is 15.3. The summed E-state index contributed by atoms with van der Waals surface area (Å²) < 4.78 is 3.72. The van der Waals surface area contributed by atoms with Gasteiger partial charge >= 0.3 is 0 Å². The van der Waals surface area contributed by atoms with Crippen LogP contribution in [0.4, 0.5) is 5.82 Å². The highest BCUT2D eigenvalue weighted by molar-refractivity contribution is 5.66. The van der Waals surface area contributed by atoms with Gasteiger partial charge in [0.05, 0.1) is 18.1 Å². The van der Waals surface area contributed by atoms with Gasteiger partial charge in [-0.2, -0.15) is 14.7 Å². The number of aromatic nitrogens is 5. The van der Waals surface area contributed by atoms with E-state index < -0.39 is 0 Å². The third-order valence-electron chi connectivity index (χ3n) is 4.30. The van der Waals surface area contributed by atoms with E-state index in [1.54, 1.807) is 6.20 Å². The maximum atomic E-state index is 4.73. The zero-order chi connectivity index (χ0) is 17.2. The molecule has 6 heteroatoms. The van der Waals surface area contributed by atoms with Crippen molar-refractivity contribution in [3.05, 3.63) is 66.6 Å². The molecule has 6 nitrogen and oxygen atoms in total. The topological polar surface area (TPSA) is 51.2 Å². The van der Waals surface area contributed by atoms with Crippen molar-refractivity contribution in [2.45, 2.75) is 6.42 Å². The summed E-state index contributed by atoms with van der Waals surface area (Å²) in [6.07, 6.45) is 6.68. The fourth-order valence-electron chi connectivity index (χ4n) is 2.94. The first-order valence-corrected chi connectivity index (χ1v) is 8.29. The predicted octanol–water partition coefficient (Wildman–Crippen LogP) is 2.81. The van der Waals surface area contributed by atoms with Crippen molar-refractivity contribution in [3.8, 4) is 11.3 Å². The molecule has 0 aliphatic rings. The number of hydrogen-bond donors (Lipinski definition) is 0. The number of fused-ring (bicyclic) bond motifs is 1. The number of nitrogens with zero attached hydrogens (tertiary/aromatic N) is 6.